The zero-order valence-corrected chi connectivity index (χ0v) is 45.1. The molecule has 77 heavy (non-hydrogen) atoms. The predicted molar refractivity (Wildman–Crippen MR) is 282 cm³/mol. The molecule has 0 radical (unpaired) electrons. The first-order chi connectivity index (χ1) is 36.2. The van der Waals surface area contributed by atoms with Crippen molar-refractivity contribution >= 4 is 82.9 Å². The first-order valence-corrected chi connectivity index (χ1v) is 26.7. The lowest BCUT2D eigenvalue weighted by molar-refractivity contribution is -0.146. The molecule has 1 aliphatic rings. The standard InChI is InChI=1S/C49H78N12O15S/c1-25(2)22-33(57-40(67)29(50)23-28-12-8-7-9-13-28)44(71)60-39(27(5)62)46(73)58-34(24-37(65)66)43(70)55-31(16-17-36(63)64)42(69)54-30(14-10-19-53-49(51)52)41(68)56-32(18-21-77-6)47(74)61-20-11-15-35(61)45(72)59-38(26(3)4)48(75)76/h7-9,12-13,25-27,29-35,38-39,62H,10-11,14-24,50H2,1-6H3,(H,54,69)(H,55,70)(H,56,68)(H,57,67)(H,58,73)(H,59,72)(H,60,71)(H,63,64)(H,65,66)(H,75,76)(H4,51,52,53). The predicted octanol–water partition coefficient (Wildman–Crippen LogP) is -2.75. The van der Waals surface area contributed by atoms with Gasteiger partial charge in [0.2, 0.25) is 47.3 Å². The van der Waals surface area contributed by atoms with Gasteiger partial charge >= 0.3 is 17.9 Å². The number of nitrogens with zero attached hydrogens (tertiary/aromatic N) is 2. The van der Waals surface area contributed by atoms with Gasteiger partial charge in [0.1, 0.15) is 48.3 Å². The van der Waals surface area contributed by atoms with Crippen molar-refractivity contribution in [1.29, 1.82) is 0 Å². The molecule has 10 unspecified atom stereocenters. The van der Waals surface area contributed by atoms with E-state index in [9.17, 15) is 73.2 Å². The Bertz CT molecular complexity index is 2230. The van der Waals surface area contributed by atoms with Gasteiger partial charge in [0.05, 0.1) is 18.6 Å². The number of aliphatic hydroxyl groups is 1. The van der Waals surface area contributed by atoms with Gasteiger partial charge in [0.25, 0.3) is 0 Å². The van der Waals surface area contributed by atoms with E-state index >= 15 is 0 Å². The maximum absolute atomic E-state index is 14.2. The van der Waals surface area contributed by atoms with Crippen LogP contribution in [0.15, 0.2) is 35.3 Å². The van der Waals surface area contributed by atoms with Crippen molar-refractivity contribution in [3.63, 3.8) is 0 Å². The third-order valence-corrected chi connectivity index (χ3v) is 12.8. The summed E-state index contributed by atoms with van der Waals surface area (Å²) in [6.45, 7) is 7.91. The highest BCUT2D eigenvalue weighted by atomic mass is 32.2. The van der Waals surface area contributed by atoms with Gasteiger partial charge in [-0.25, -0.2) is 4.79 Å². The van der Waals surface area contributed by atoms with E-state index in [1.807, 2.05) is 0 Å². The number of carboxylic acids is 3. The monoisotopic (exact) mass is 1110 g/mol. The van der Waals surface area contributed by atoms with Gasteiger partial charge in [-0.05, 0) is 87.7 Å². The number of guanidine groups is 1. The molecule has 1 saturated heterocycles. The van der Waals surface area contributed by atoms with Crippen molar-refractivity contribution in [2.75, 3.05) is 25.1 Å². The molecule has 27 nitrogen and oxygen atoms in total. The van der Waals surface area contributed by atoms with Gasteiger partial charge < -0.3 is 79.7 Å². The van der Waals surface area contributed by atoms with Gasteiger partial charge in [-0.15, -0.1) is 0 Å². The number of carboxylic acid groups (broad SMARTS) is 3. The fourth-order valence-electron chi connectivity index (χ4n) is 8.13. The quantitative estimate of drug-likeness (QED) is 0.0189. The number of benzene rings is 1. The SMILES string of the molecule is CSCCC(NC(=O)C(CCCN=C(N)N)NC(=O)C(CCC(=O)O)NC(=O)C(CC(=O)O)NC(=O)C(NC(=O)C(CC(C)C)NC(=O)C(N)Cc1ccccc1)C(C)O)C(=O)N1CCCC1C(=O)NC(C(=O)O)C(C)C. The first kappa shape index (κ1) is 66.0. The van der Waals surface area contributed by atoms with Crippen molar-refractivity contribution in [3.8, 4) is 0 Å². The second kappa shape index (κ2) is 33.2. The second-order valence-electron chi connectivity index (χ2n) is 19.5. The summed E-state index contributed by atoms with van der Waals surface area (Å²) in [5.41, 5.74) is 17.8. The van der Waals surface area contributed by atoms with Crippen molar-refractivity contribution in [2.45, 2.75) is 159 Å². The fourth-order valence-corrected chi connectivity index (χ4v) is 8.60. The van der Waals surface area contributed by atoms with Gasteiger partial charge in [-0.2, -0.15) is 11.8 Å². The molecule has 8 amide bonds. The van der Waals surface area contributed by atoms with E-state index in [4.69, 9.17) is 17.2 Å². The van der Waals surface area contributed by atoms with E-state index in [-0.39, 0.29) is 63.5 Å². The highest BCUT2D eigenvalue weighted by Gasteiger charge is 2.41. The van der Waals surface area contributed by atoms with Crippen LogP contribution in [0.25, 0.3) is 0 Å². The molecule has 1 fully saturated rings. The molecule has 28 heteroatoms. The number of hydrogen-bond donors (Lipinski definition) is 14. The molecule has 2 rings (SSSR count). The minimum Gasteiger partial charge on any atom is -0.481 e. The maximum Gasteiger partial charge on any atom is 0.326 e. The molecule has 1 heterocycles. The minimum absolute atomic E-state index is 0.0426. The Morgan fingerprint density at radius 2 is 1.25 bits per heavy atom. The average Bonchev–Trinajstić information content (AvgIpc) is 3.85. The molecule has 0 aliphatic carbocycles. The minimum atomic E-state index is -2.03. The Morgan fingerprint density at radius 3 is 1.78 bits per heavy atom. The molecule has 1 aromatic carbocycles. The van der Waals surface area contributed by atoms with Crippen LogP contribution in [-0.4, -0.2) is 182 Å². The Kier molecular flexibility index (Phi) is 28.4. The van der Waals surface area contributed by atoms with Crippen LogP contribution in [0.5, 0.6) is 0 Å². The molecule has 0 bridgehead atoms. The number of amides is 8. The van der Waals surface area contributed by atoms with Gasteiger partial charge in [-0.3, -0.25) is 52.9 Å². The zero-order valence-electron chi connectivity index (χ0n) is 44.3. The summed E-state index contributed by atoms with van der Waals surface area (Å²) in [4.78, 5) is 151. The Morgan fingerprint density at radius 1 is 0.688 bits per heavy atom. The number of likely N-dealkylation sites (tertiary alicyclic amines) is 1. The summed E-state index contributed by atoms with van der Waals surface area (Å²) in [5, 5.41) is 56.7. The molecular weight excluding hydrogens is 1030 g/mol. The Labute approximate surface area is 451 Å². The van der Waals surface area contributed by atoms with Crippen LogP contribution in [0.4, 0.5) is 0 Å². The molecule has 1 aromatic rings. The molecule has 1 aliphatic heterocycles. The number of carbonyl (C=O) groups is 11. The molecule has 0 spiro atoms. The second-order valence-corrected chi connectivity index (χ2v) is 20.5. The molecule has 0 saturated carbocycles. The normalized spacial score (nSPS) is 16.6. The van der Waals surface area contributed by atoms with E-state index in [0.717, 1.165) is 12.5 Å². The Balaban J connectivity index is 2.42. The van der Waals surface area contributed by atoms with Gasteiger partial charge in [-0.1, -0.05) is 58.0 Å². The first-order valence-electron chi connectivity index (χ1n) is 25.3. The van der Waals surface area contributed by atoms with E-state index < -0.39 is 151 Å². The number of aliphatic carboxylic acids is 3. The molecule has 430 valence electrons. The number of aliphatic imine (C=N–C) groups is 1. The van der Waals surface area contributed by atoms with E-state index in [2.05, 4.69) is 42.2 Å². The van der Waals surface area contributed by atoms with Gasteiger partial charge in [0, 0.05) is 19.5 Å². The highest BCUT2D eigenvalue weighted by molar-refractivity contribution is 7.98. The largest absolute Gasteiger partial charge is 0.481 e. The van der Waals surface area contributed by atoms with Crippen LogP contribution >= 0.6 is 11.8 Å². The third kappa shape index (κ3) is 23.4. The van der Waals surface area contributed by atoms with Crippen molar-refractivity contribution in [3.05, 3.63) is 35.9 Å². The van der Waals surface area contributed by atoms with Crippen LogP contribution in [0.3, 0.4) is 0 Å². The van der Waals surface area contributed by atoms with Crippen LogP contribution in [0.1, 0.15) is 98.0 Å². The van der Waals surface area contributed by atoms with E-state index in [0.29, 0.717) is 12.2 Å². The molecule has 10 atom stereocenters. The number of aliphatic hydroxyl groups excluding tert-OH is 1. The molecular formula is C49H78N12O15S. The molecule has 0 aromatic heterocycles. The Hall–Kier alpha value is -7.07. The van der Waals surface area contributed by atoms with Crippen molar-refractivity contribution < 1.29 is 73.2 Å². The molecule has 17 N–H and O–H groups in total. The summed E-state index contributed by atoms with van der Waals surface area (Å²) >= 11 is 1.34. The number of hydrogen-bond acceptors (Lipinski definition) is 15. The number of nitrogens with two attached hydrogens (primary N) is 3. The van der Waals surface area contributed by atoms with E-state index in [1.54, 1.807) is 64.3 Å². The number of nitrogens with one attached hydrogen (secondary N) is 7. The van der Waals surface area contributed by atoms with Gasteiger partial charge in [0.15, 0.2) is 5.96 Å². The smallest absolute Gasteiger partial charge is 0.326 e. The highest BCUT2D eigenvalue weighted by Crippen LogP contribution is 2.21. The lowest BCUT2D eigenvalue weighted by Gasteiger charge is -2.31. The lowest BCUT2D eigenvalue weighted by atomic mass is 10.0. The van der Waals surface area contributed by atoms with Crippen LogP contribution < -0.4 is 54.4 Å². The summed E-state index contributed by atoms with van der Waals surface area (Å²) < 4.78 is 0. The summed E-state index contributed by atoms with van der Waals surface area (Å²) in [6.07, 6.45) is -1.79. The fraction of sp³-hybridized carbons (Fsp3) is 0.633. The number of carbonyl (C=O) groups excluding carboxylic acids is 8. The maximum atomic E-state index is 14.2. The van der Waals surface area contributed by atoms with Crippen molar-refractivity contribution in [1.82, 2.24) is 42.1 Å². The zero-order chi connectivity index (χ0) is 58.1. The summed E-state index contributed by atoms with van der Waals surface area (Å²) in [7, 11) is 0. The lowest BCUT2D eigenvalue weighted by Crippen LogP contribution is -2.62. The summed E-state index contributed by atoms with van der Waals surface area (Å²) in [6, 6.07) is -4.31. The number of rotatable bonds is 34. The van der Waals surface area contributed by atoms with Crippen LogP contribution in [-0.2, 0) is 59.2 Å². The van der Waals surface area contributed by atoms with Crippen molar-refractivity contribution in [2.24, 2.45) is 34.0 Å². The number of thioether (sulfide) groups is 1. The van der Waals surface area contributed by atoms with E-state index in [1.165, 1.54) is 16.7 Å². The average molecular weight is 1110 g/mol. The topological polar surface area (TPSA) is 447 Å². The summed E-state index contributed by atoms with van der Waals surface area (Å²) in [5.74, 6) is -12.6. The van der Waals surface area contributed by atoms with Crippen LogP contribution in [0, 0.1) is 11.8 Å². The van der Waals surface area contributed by atoms with Crippen LogP contribution in [0.2, 0.25) is 0 Å². The third-order valence-electron chi connectivity index (χ3n) is 12.2.